The SMILES string of the molecule is CC1(C)c2ccccc2-c2c1cc1c3c2c2cccc4c5ccccc5n(c5cccc(c35)n1-c1nc(-c3ccccc3)c3c(ccc5ccccc53)n1)c42. The highest BCUT2D eigenvalue weighted by atomic mass is 15.2. The minimum atomic E-state index is -0.216. The molecule has 12 aromatic rings. The van der Waals surface area contributed by atoms with E-state index in [1.165, 1.54) is 76.5 Å². The molecule has 1 aliphatic carbocycles. The van der Waals surface area contributed by atoms with Gasteiger partial charge in [0.05, 0.1) is 38.8 Å². The molecule has 0 bridgehead atoms. The lowest BCUT2D eigenvalue weighted by Gasteiger charge is -2.22. The van der Waals surface area contributed by atoms with Gasteiger partial charge in [0.2, 0.25) is 5.95 Å². The number of rotatable bonds is 2. The van der Waals surface area contributed by atoms with Crippen molar-refractivity contribution in [3.05, 3.63) is 169 Å². The fraction of sp³-hybridized carbons (Fsp3) is 0.0588. The van der Waals surface area contributed by atoms with Crippen LogP contribution in [0.3, 0.4) is 0 Å². The second-order valence-electron chi connectivity index (χ2n) is 15.7. The minimum absolute atomic E-state index is 0.216. The number of benzene rings is 8. The maximum atomic E-state index is 5.60. The summed E-state index contributed by atoms with van der Waals surface area (Å²) in [6.07, 6.45) is 0. The third kappa shape index (κ3) is 3.57. The summed E-state index contributed by atoms with van der Waals surface area (Å²) in [5, 5.41) is 11.0. The predicted molar refractivity (Wildman–Crippen MR) is 229 cm³/mol. The van der Waals surface area contributed by atoms with Gasteiger partial charge in [0.15, 0.2) is 0 Å². The maximum absolute atomic E-state index is 5.60. The molecular formula is C51H32N4. The largest absolute Gasteiger partial charge is 0.308 e. The van der Waals surface area contributed by atoms with E-state index in [2.05, 4.69) is 181 Å². The van der Waals surface area contributed by atoms with Crippen LogP contribution in [0.4, 0.5) is 0 Å². The zero-order valence-corrected chi connectivity index (χ0v) is 30.3. The summed E-state index contributed by atoms with van der Waals surface area (Å²) >= 11 is 0. The highest BCUT2D eigenvalue weighted by Gasteiger charge is 2.39. The van der Waals surface area contributed by atoms with Crippen molar-refractivity contribution in [2.75, 3.05) is 0 Å². The van der Waals surface area contributed by atoms with E-state index < -0.39 is 0 Å². The average Bonchev–Trinajstić information content (AvgIpc) is 3.79. The Bertz CT molecular complexity index is 3620. The van der Waals surface area contributed by atoms with E-state index in [0.29, 0.717) is 5.95 Å². The average molecular weight is 701 g/mol. The molecule has 4 heteroatoms. The monoisotopic (exact) mass is 700 g/mol. The van der Waals surface area contributed by atoms with Crippen LogP contribution >= 0.6 is 0 Å². The molecule has 4 nitrogen and oxygen atoms in total. The molecule has 4 heterocycles. The lowest BCUT2D eigenvalue weighted by molar-refractivity contribution is 0.661. The lowest BCUT2D eigenvalue weighted by atomic mass is 9.82. The van der Waals surface area contributed by atoms with Gasteiger partial charge in [0, 0.05) is 48.7 Å². The van der Waals surface area contributed by atoms with Crippen molar-refractivity contribution in [2.45, 2.75) is 19.3 Å². The van der Waals surface area contributed by atoms with Crippen LogP contribution in [0.15, 0.2) is 158 Å². The van der Waals surface area contributed by atoms with E-state index in [-0.39, 0.29) is 5.41 Å². The number of nitrogens with zero attached hydrogens (tertiary/aromatic N) is 4. The van der Waals surface area contributed by atoms with Crippen LogP contribution in [-0.2, 0) is 5.41 Å². The van der Waals surface area contributed by atoms with Crippen LogP contribution in [-0.4, -0.2) is 18.9 Å². The molecule has 0 aliphatic heterocycles. The van der Waals surface area contributed by atoms with Gasteiger partial charge in [0.25, 0.3) is 0 Å². The molecule has 0 atom stereocenters. The fourth-order valence-corrected chi connectivity index (χ4v) is 10.3. The number of hydrogen-bond acceptors (Lipinski definition) is 2. The number of para-hydroxylation sites is 2. The Kier molecular flexibility index (Phi) is 5.42. The van der Waals surface area contributed by atoms with Crippen LogP contribution in [0.1, 0.15) is 25.0 Å². The van der Waals surface area contributed by atoms with Gasteiger partial charge in [-0.1, -0.05) is 141 Å². The molecule has 0 unspecified atom stereocenters. The maximum Gasteiger partial charge on any atom is 0.235 e. The second-order valence-corrected chi connectivity index (χ2v) is 15.7. The topological polar surface area (TPSA) is 35.1 Å². The summed E-state index contributed by atoms with van der Waals surface area (Å²) in [5.41, 5.74) is 14.0. The van der Waals surface area contributed by atoms with E-state index in [4.69, 9.17) is 9.97 Å². The normalized spacial score (nSPS) is 13.8. The summed E-state index contributed by atoms with van der Waals surface area (Å²) in [5.74, 6) is 0.675. The van der Waals surface area contributed by atoms with Crippen molar-refractivity contribution in [2.24, 2.45) is 0 Å². The van der Waals surface area contributed by atoms with Crippen molar-refractivity contribution in [1.82, 2.24) is 18.9 Å². The van der Waals surface area contributed by atoms with Gasteiger partial charge < -0.3 is 4.40 Å². The predicted octanol–water partition coefficient (Wildman–Crippen LogP) is 13.0. The third-order valence-corrected chi connectivity index (χ3v) is 12.6. The van der Waals surface area contributed by atoms with Crippen LogP contribution in [0.5, 0.6) is 0 Å². The van der Waals surface area contributed by atoms with Gasteiger partial charge in [0.1, 0.15) is 0 Å². The quantitative estimate of drug-likeness (QED) is 0.168. The Balaban J connectivity index is 1.30. The molecule has 0 spiro atoms. The first-order valence-electron chi connectivity index (χ1n) is 19.1. The number of aromatic nitrogens is 4. The zero-order chi connectivity index (χ0) is 36.2. The molecule has 1 aliphatic rings. The Morgan fingerprint density at radius 3 is 2.09 bits per heavy atom. The van der Waals surface area contributed by atoms with E-state index in [1.807, 2.05) is 0 Å². The molecule has 0 N–H and O–H groups in total. The fourth-order valence-electron chi connectivity index (χ4n) is 10.3. The molecule has 13 rings (SSSR count). The van der Waals surface area contributed by atoms with Gasteiger partial charge in [-0.3, -0.25) is 4.57 Å². The zero-order valence-electron chi connectivity index (χ0n) is 30.3. The Morgan fingerprint density at radius 1 is 0.473 bits per heavy atom. The van der Waals surface area contributed by atoms with Crippen LogP contribution < -0.4 is 0 Å². The van der Waals surface area contributed by atoms with Crippen LogP contribution in [0, 0.1) is 0 Å². The molecule has 55 heavy (non-hydrogen) atoms. The van der Waals surface area contributed by atoms with Crippen LogP contribution in [0.2, 0.25) is 0 Å². The van der Waals surface area contributed by atoms with Crippen LogP contribution in [0.25, 0.3) is 110 Å². The molecule has 8 aromatic carbocycles. The van der Waals surface area contributed by atoms with Gasteiger partial charge in [-0.25, -0.2) is 9.97 Å². The molecule has 0 saturated heterocycles. The lowest BCUT2D eigenvalue weighted by Crippen LogP contribution is -2.15. The molecule has 0 amide bonds. The first-order valence-corrected chi connectivity index (χ1v) is 19.1. The molecule has 0 fully saturated rings. The first-order chi connectivity index (χ1) is 27.1. The highest BCUT2D eigenvalue weighted by Crippen LogP contribution is 2.56. The smallest absolute Gasteiger partial charge is 0.235 e. The van der Waals surface area contributed by atoms with E-state index >= 15 is 0 Å². The summed E-state index contributed by atoms with van der Waals surface area (Å²) in [6.45, 7) is 4.77. The van der Waals surface area contributed by atoms with E-state index in [9.17, 15) is 0 Å². The molecular weight excluding hydrogens is 669 g/mol. The van der Waals surface area contributed by atoms with Crippen molar-refractivity contribution < 1.29 is 0 Å². The Morgan fingerprint density at radius 2 is 1.18 bits per heavy atom. The number of fused-ring (bicyclic) bond motifs is 12. The van der Waals surface area contributed by atoms with Gasteiger partial charge >= 0.3 is 0 Å². The highest BCUT2D eigenvalue weighted by molar-refractivity contribution is 6.34. The number of hydrogen-bond donors (Lipinski definition) is 0. The Labute approximate surface area is 315 Å². The van der Waals surface area contributed by atoms with Crippen molar-refractivity contribution in [3.8, 4) is 28.3 Å². The molecule has 256 valence electrons. The minimum Gasteiger partial charge on any atom is -0.308 e. The first kappa shape index (κ1) is 29.4. The van der Waals surface area contributed by atoms with Crippen molar-refractivity contribution in [1.29, 1.82) is 0 Å². The molecule has 0 saturated carbocycles. The second kappa shape index (κ2) is 10.1. The van der Waals surface area contributed by atoms with E-state index in [0.717, 1.165) is 38.6 Å². The van der Waals surface area contributed by atoms with Crippen molar-refractivity contribution >= 4 is 81.6 Å². The van der Waals surface area contributed by atoms with Gasteiger partial charge in [-0.2, -0.15) is 0 Å². The summed E-state index contributed by atoms with van der Waals surface area (Å²) in [6, 6.07) is 57.6. The van der Waals surface area contributed by atoms with Crippen molar-refractivity contribution in [3.63, 3.8) is 0 Å². The van der Waals surface area contributed by atoms with Gasteiger partial charge in [-0.15, -0.1) is 0 Å². The summed E-state index contributed by atoms with van der Waals surface area (Å²) in [7, 11) is 0. The third-order valence-electron chi connectivity index (χ3n) is 12.6. The van der Waals surface area contributed by atoms with E-state index in [1.54, 1.807) is 0 Å². The standard InChI is InChI=1S/C51H32N4/c1-51(2)36-22-10-8-19-34(36)43-37(51)28-42-47-45(43)35-21-12-20-33-32-18-9-11-23-39(32)54(49(33)35)40-24-13-25-41(46(40)47)55(42)50-52-38-27-26-29-14-6-7-17-31(29)44(38)48(53-50)30-15-4-3-5-16-30/h3-28H,1-2H3. The van der Waals surface area contributed by atoms with Gasteiger partial charge in [-0.05, 0) is 63.4 Å². The molecule has 4 aromatic heterocycles. The summed E-state index contributed by atoms with van der Waals surface area (Å²) < 4.78 is 4.88. The molecule has 0 radical (unpaired) electrons. The Hall–Kier alpha value is -7.04. The summed E-state index contributed by atoms with van der Waals surface area (Å²) in [4.78, 5) is 11.1.